The Morgan fingerprint density at radius 3 is 2.65 bits per heavy atom. The summed E-state index contributed by atoms with van der Waals surface area (Å²) in [6, 6.07) is 0.623. The molecule has 116 valence electrons. The average Bonchev–Trinajstić information content (AvgIpc) is 2.68. The summed E-state index contributed by atoms with van der Waals surface area (Å²) in [5.74, 6) is 0.697. The highest BCUT2D eigenvalue weighted by molar-refractivity contribution is 5.09. The van der Waals surface area contributed by atoms with Crippen molar-refractivity contribution in [2.45, 2.75) is 77.0 Å². The zero-order valence-corrected chi connectivity index (χ0v) is 13.5. The molecule has 2 aliphatic carbocycles. The molecule has 20 heavy (non-hydrogen) atoms. The summed E-state index contributed by atoms with van der Waals surface area (Å²) < 4.78 is 6.07. The van der Waals surface area contributed by atoms with Crippen LogP contribution < -0.4 is 5.73 Å². The van der Waals surface area contributed by atoms with Crippen molar-refractivity contribution in [2.24, 2.45) is 17.1 Å². The van der Waals surface area contributed by atoms with Crippen molar-refractivity contribution in [3.63, 3.8) is 0 Å². The minimum Gasteiger partial charge on any atom is -0.375 e. The van der Waals surface area contributed by atoms with Crippen LogP contribution >= 0.6 is 0 Å². The quantitative estimate of drug-likeness (QED) is 0.845. The molecule has 2 N–H and O–H groups in total. The highest BCUT2D eigenvalue weighted by Gasteiger charge is 2.54. The molecule has 4 unspecified atom stereocenters. The van der Waals surface area contributed by atoms with E-state index in [4.69, 9.17) is 10.5 Å². The summed E-state index contributed by atoms with van der Waals surface area (Å²) in [6.45, 7) is 10.0. The van der Waals surface area contributed by atoms with Crippen LogP contribution in [0.3, 0.4) is 0 Å². The SMILES string of the molecule is CC1CC(C)(C)CC1(CN)N1CCOC2CCCCC21. The fraction of sp³-hybridized carbons (Fsp3) is 1.00. The predicted molar refractivity (Wildman–Crippen MR) is 82.7 cm³/mol. The Balaban J connectivity index is 1.88. The van der Waals surface area contributed by atoms with E-state index in [1.165, 1.54) is 38.5 Å². The second-order valence-corrected chi connectivity index (χ2v) is 8.21. The molecule has 0 bridgehead atoms. The van der Waals surface area contributed by atoms with Crippen molar-refractivity contribution < 1.29 is 4.74 Å². The largest absolute Gasteiger partial charge is 0.375 e. The lowest BCUT2D eigenvalue weighted by molar-refractivity contribution is -0.132. The molecule has 2 saturated carbocycles. The van der Waals surface area contributed by atoms with Gasteiger partial charge in [0, 0.05) is 24.7 Å². The van der Waals surface area contributed by atoms with Gasteiger partial charge in [-0.15, -0.1) is 0 Å². The Kier molecular flexibility index (Phi) is 3.89. The summed E-state index contributed by atoms with van der Waals surface area (Å²) in [4.78, 5) is 2.79. The zero-order chi connectivity index (χ0) is 14.4. The van der Waals surface area contributed by atoms with Gasteiger partial charge in [0.15, 0.2) is 0 Å². The molecule has 0 aromatic heterocycles. The van der Waals surface area contributed by atoms with Gasteiger partial charge in [-0.25, -0.2) is 0 Å². The van der Waals surface area contributed by atoms with Gasteiger partial charge in [0.1, 0.15) is 0 Å². The van der Waals surface area contributed by atoms with Gasteiger partial charge in [0.05, 0.1) is 12.7 Å². The maximum atomic E-state index is 6.35. The number of morpholine rings is 1. The minimum absolute atomic E-state index is 0.216. The third-order valence-corrected chi connectivity index (χ3v) is 6.22. The Morgan fingerprint density at radius 1 is 1.25 bits per heavy atom. The summed E-state index contributed by atoms with van der Waals surface area (Å²) in [5.41, 5.74) is 7.00. The lowest BCUT2D eigenvalue weighted by Gasteiger charge is -2.54. The van der Waals surface area contributed by atoms with E-state index in [-0.39, 0.29) is 5.54 Å². The van der Waals surface area contributed by atoms with Crippen LogP contribution in [0.2, 0.25) is 0 Å². The van der Waals surface area contributed by atoms with Gasteiger partial charge in [0.2, 0.25) is 0 Å². The van der Waals surface area contributed by atoms with Gasteiger partial charge in [-0.1, -0.05) is 33.6 Å². The number of hydrogen-bond donors (Lipinski definition) is 1. The maximum absolute atomic E-state index is 6.35. The second kappa shape index (κ2) is 5.26. The Morgan fingerprint density at radius 2 is 2.00 bits per heavy atom. The van der Waals surface area contributed by atoms with Gasteiger partial charge in [-0.05, 0) is 37.0 Å². The van der Waals surface area contributed by atoms with Crippen molar-refractivity contribution in [1.82, 2.24) is 4.90 Å². The molecule has 3 nitrogen and oxygen atoms in total. The first-order chi connectivity index (χ1) is 9.48. The van der Waals surface area contributed by atoms with Gasteiger partial charge in [-0.3, -0.25) is 4.90 Å². The lowest BCUT2D eigenvalue weighted by atomic mass is 9.80. The number of hydrogen-bond acceptors (Lipinski definition) is 3. The zero-order valence-electron chi connectivity index (χ0n) is 13.5. The van der Waals surface area contributed by atoms with Crippen molar-refractivity contribution in [2.75, 3.05) is 19.7 Å². The topological polar surface area (TPSA) is 38.5 Å². The summed E-state index contributed by atoms with van der Waals surface area (Å²) >= 11 is 0. The van der Waals surface area contributed by atoms with E-state index in [9.17, 15) is 0 Å². The Hall–Kier alpha value is -0.120. The highest BCUT2D eigenvalue weighted by Crippen LogP contribution is 2.51. The molecule has 1 aliphatic heterocycles. The van der Waals surface area contributed by atoms with Crippen molar-refractivity contribution in [3.8, 4) is 0 Å². The standard InChI is InChI=1S/C17H32N2O/c1-13-10-16(2,3)11-17(13,12-18)19-8-9-20-15-7-5-4-6-14(15)19/h13-15H,4-12,18H2,1-3H3. The molecule has 3 rings (SSSR count). The van der Waals surface area contributed by atoms with Crippen molar-refractivity contribution in [3.05, 3.63) is 0 Å². The number of fused-ring (bicyclic) bond motifs is 1. The van der Waals surface area contributed by atoms with Crippen LogP contribution in [0.5, 0.6) is 0 Å². The second-order valence-electron chi connectivity index (χ2n) is 8.21. The van der Waals surface area contributed by atoms with E-state index in [0.29, 0.717) is 23.5 Å². The molecule has 0 radical (unpaired) electrons. The molecular formula is C17H32N2O. The third kappa shape index (κ3) is 2.32. The van der Waals surface area contributed by atoms with Gasteiger partial charge in [0.25, 0.3) is 0 Å². The fourth-order valence-electron chi connectivity index (χ4n) is 5.52. The molecule has 0 aromatic carbocycles. The number of ether oxygens (including phenoxy) is 1. The highest BCUT2D eigenvalue weighted by atomic mass is 16.5. The molecule has 3 aliphatic rings. The van der Waals surface area contributed by atoms with Crippen molar-refractivity contribution in [1.29, 1.82) is 0 Å². The van der Waals surface area contributed by atoms with E-state index in [2.05, 4.69) is 25.7 Å². The number of rotatable bonds is 2. The van der Waals surface area contributed by atoms with Gasteiger partial charge >= 0.3 is 0 Å². The van der Waals surface area contributed by atoms with Crippen LogP contribution in [0, 0.1) is 11.3 Å². The van der Waals surface area contributed by atoms with E-state index < -0.39 is 0 Å². The first-order valence-electron chi connectivity index (χ1n) is 8.57. The van der Waals surface area contributed by atoms with Crippen molar-refractivity contribution >= 4 is 0 Å². The van der Waals surface area contributed by atoms with Crippen LogP contribution in [-0.4, -0.2) is 42.3 Å². The minimum atomic E-state index is 0.216. The monoisotopic (exact) mass is 280 g/mol. The Labute approximate surface area is 124 Å². The summed E-state index contributed by atoms with van der Waals surface area (Å²) in [5, 5.41) is 0. The molecule has 3 heteroatoms. The maximum Gasteiger partial charge on any atom is 0.0731 e. The molecule has 0 spiro atoms. The average molecular weight is 280 g/mol. The summed E-state index contributed by atoms with van der Waals surface area (Å²) in [6.07, 6.45) is 8.28. The Bertz CT molecular complexity index is 355. The number of nitrogens with two attached hydrogens (primary N) is 1. The normalized spacial score (nSPS) is 45.3. The van der Waals surface area contributed by atoms with E-state index >= 15 is 0 Å². The third-order valence-electron chi connectivity index (χ3n) is 6.22. The van der Waals surface area contributed by atoms with Gasteiger partial charge < -0.3 is 10.5 Å². The smallest absolute Gasteiger partial charge is 0.0731 e. The molecule has 1 heterocycles. The first-order valence-corrected chi connectivity index (χ1v) is 8.57. The molecule has 0 aromatic rings. The molecule has 3 fully saturated rings. The lowest BCUT2D eigenvalue weighted by Crippen LogP contribution is -2.65. The van der Waals surface area contributed by atoms with E-state index in [0.717, 1.165) is 19.7 Å². The van der Waals surface area contributed by atoms with Gasteiger partial charge in [-0.2, -0.15) is 0 Å². The van der Waals surface area contributed by atoms with Crippen LogP contribution in [0.25, 0.3) is 0 Å². The fourth-order valence-corrected chi connectivity index (χ4v) is 5.52. The number of nitrogens with zero attached hydrogens (tertiary/aromatic N) is 1. The molecule has 4 atom stereocenters. The van der Waals surface area contributed by atoms with Crippen LogP contribution in [0.15, 0.2) is 0 Å². The summed E-state index contributed by atoms with van der Waals surface area (Å²) in [7, 11) is 0. The van der Waals surface area contributed by atoms with E-state index in [1.54, 1.807) is 0 Å². The molecule has 0 amide bonds. The molecular weight excluding hydrogens is 248 g/mol. The predicted octanol–water partition coefficient (Wildman–Crippen LogP) is 2.78. The first kappa shape index (κ1) is 14.8. The molecule has 1 saturated heterocycles. The van der Waals surface area contributed by atoms with Crippen LogP contribution in [0.1, 0.15) is 59.3 Å². The van der Waals surface area contributed by atoms with Crippen LogP contribution in [-0.2, 0) is 4.74 Å². The van der Waals surface area contributed by atoms with Crippen LogP contribution in [0.4, 0.5) is 0 Å². The van der Waals surface area contributed by atoms with E-state index in [1.807, 2.05) is 0 Å².